The molecule has 25 heavy (non-hydrogen) atoms. The van der Waals surface area contributed by atoms with Gasteiger partial charge in [-0.05, 0) is 48.0 Å². The first-order valence-electron chi connectivity index (χ1n) is 6.81. The van der Waals surface area contributed by atoms with Gasteiger partial charge in [0, 0.05) is 23.5 Å². The highest BCUT2D eigenvalue weighted by atomic mass is 19.4. The highest BCUT2D eigenvalue weighted by Gasteiger charge is 2.33. The predicted molar refractivity (Wildman–Crippen MR) is 84.9 cm³/mol. The van der Waals surface area contributed by atoms with Gasteiger partial charge in [-0.25, -0.2) is 4.39 Å². The Labute approximate surface area is 139 Å². The highest BCUT2D eigenvalue weighted by Crippen LogP contribution is 2.24. The second-order valence-electron chi connectivity index (χ2n) is 4.91. The van der Waals surface area contributed by atoms with Gasteiger partial charge in [-0.15, -0.1) is 0 Å². The van der Waals surface area contributed by atoms with Crippen molar-refractivity contribution in [2.45, 2.75) is 6.18 Å². The molecule has 2 aromatic rings. The second-order valence-corrected chi connectivity index (χ2v) is 4.91. The SMILES string of the molecule is N=C(/C=C(\Nc1ccc([N+](=O)[O-])cc1)c1ccc(F)cc1)C(F)(F)F. The minimum atomic E-state index is -4.84. The van der Waals surface area contributed by atoms with E-state index in [4.69, 9.17) is 5.41 Å². The number of nitro groups is 1. The van der Waals surface area contributed by atoms with E-state index >= 15 is 0 Å². The standard InChI is InChI=1S/C16H11F4N3O2/c17-11-3-1-10(2-4-11)14(9-15(21)16(18,19)20)22-12-5-7-13(8-6-12)23(24)25/h1-9,21-22H/b14-9-,21-15?. The van der Waals surface area contributed by atoms with E-state index in [1.54, 1.807) is 0 Å². The first kappa shape index (κ1) is 18.1. The van der Waals surface area contributed by atoms with Crippen molar-refractivity contribution in [3.05, 3.63) is 76.1 Å². The van der Waals surface area contributed by atoms with Crippen molar-refractivity contribution in [1.29, 1.82) is 5.41 Å². The van der Waals surface area contributed by atoms with Crippen molar-refractivity contribution in [3.63, 3.8) is 0 Å². The van der Waals surface area contributed by atoms with Gasteiger partial charge in [0.1, 0.15) is 11.5 Å². The lowest BCUT2D eigenvalue weighted by Crippen LogP contribution is -2.20. The van der Waals surface area contributed by atoms with Gasteiger partial charge in [-0.1, -0.05) is 0 Å². The molecule has 2 rings (SSSR count). The molecule has 0 amide bonds. The molecule has 0 atom stereocenters. The zero-order chi connectivity index (χ0) is 18.6. The predicted octanol–water partition coefficient (Wildman–Crippen LogP) is 4.77. The number of nitrogens with zero attached hydrogens (tertiary/aromatic N) is 1. The molecule has 0 aromatic heterocycles. The number of non-ortho nitro benzene ring substituents is 1. The van der Waals surface area contributed by atoms with Gasteiger partial charge in [0.15, 0.2) is 0 Å². The largest absolute Gasteiger partial charge is 0.432 e. The molecule has 0 aliphatic heterocycles. The number of nitrogens with one attached hydrogen (secondary N) is 2. The van der Waals surface area contributed by atoms with E-state index in [1.807, 2.05) is 0 Å². The van der Waals surface area contributed by atoms with Gasteiger partial charge < -0.3 is 5.32 Å². The molecule has 9 heteroatoms. The van der Waals surface area contributed by atoms with Gasteiger partial charge in [0.25, 0.3) is 5.69 Å². The molecule has 0 aliphatic rings. The number of hydrogen-bond acceptors (Lipinski definition) is 4. The van der Waals surface area contributed by atoms with Crippen molar-refractivity contribution in [1.82, 2.24) is 0 Å². The van der Waals surface area contributed by atoms with E-state index in [-0.39, 0.29) is 22.6 Å². The van der Waals surface area contributed by atoms with Crippen molar-refractivity contribution in [2.75, 3.05) is 5.32 Å². The molecule has 0 aliphatic carbocycles. The quantitative estimate of drug-likeness (QED) is 0.352. The molecule has 0 heterocycles. The zero-order valence-electron chi connectivity index (χ0n) is 12.5. The zero-order valence-corrected chi connectivity index (χ0v) is 12.5. The monoisotopic (exact) mass is 353 g/mol. The van der Waals surface area contributed by atoms with Crippen LogP contribution in [0.25, 0.3) is 5.70 Å². The lowest BCUT2D eigenvalue weighted by molar-refractivity contribution is -0.384. The average Bonchev–Trinajstić information content (AvgIpc) is 2.54. The third-order valence-electron chi connectivity index (χ3n) is 3.11. The smallest absolute Gasteiger partial charge is 0.355 e. The first-order valence-corrected chi connectivity index (χ1v) is 6.81. The van der Waals surface area contributed by atoms with Crippen LogP contribution >= 0.6 is 0 Å². The van der Waals surface area contributed by atoms with Gasteiger partial charge in [-0.3, -0.25) is 15.5 Å². The number of anilines is 1. The number of hydrogen-bond donors (Lipinski definition) is 2. The number of alkyl halides is 3. The van der Waals surface area contributed by atoms with Crippen molar-refractivity contribution in [2.24, 2.45) is 0 Å². The fourth-order valence-electron chi connectivity index (χ4n) is 1.87. The molecule has 2 aromatic carbocycles. The molecular weight excluding hydrogens is 342 g/mol. The van der Waals surface area contributed by atoms with Gasteiger partial charge in [0.05, 0.1) is 4.92 Å². The first-order chi connectivity index (χ1) is 11.7. The summed E-state index contributed by atoms with van der Waals surface area (Å²) < 4.78 is 50.9. The van der Waals surface area contributed by atoms with Crippen LogP contribution in [-0.2, 0) is 0 Å². The summed E-state index contributed by atoms with van der Waals surface area (Å²) in [5.74, 6) is -0.565. The van der Waals surface area contributed by atoms with E-state index in [0.29, 0.717) is 6.08 Å². The molecule has 5 nitrogen and oxygen atoms in total. The van der Waals surface area contributed by atoms with Crippen LogP contribution in [-0.4, -0.2) is 16.8 Å². The summed E-state index contributed by atoms with van der Waals surface area (Å²) >= 11 is 0. The summed E-state index contributed by atoms with van der Waals surface area (Å²) in [7, 11) is 0. The fraction of sp³-hybridized carbons (Fsp3) is 0.0625. The lowest BCUT2D eigenvalue weighted by Gasteiger charge is -2.13. The summed E-state index contributed by atoms with van der Waals surface area (Å²) in [5.41, 5.74) is -1.39. The summed E-state index contributed by atoms with van der Waals surface area (Å²) in [6, 6.07) is 9.63. The van der Waals surface area contributed by atoms with E-state index in [2.05, 4.69) is 5.32 Å². The Hall–Kier alpha value is -3.23. The van der Waals surface area contributed by atoms with Gasteiger partial charge >= 0.3 is 6.18 Å². The van der Waals surface area contributed by atoms with E-state index < -0.39 is 22.6 Å². The Kier molecular flexibility index (Phi) is 5.16. The van der Waals surface area contributed by atoms with Crippen LogP contribution in [0.2, 0.25) is 0 Å². The molecule has 0 unspecified atom stereocenters. The molecule has 0 bridgehead atoms. The summed E-state index contributed by atoms with van der Waals surface area (Å²) in [4.78, 5) is 10.0. The molecule has 0 fully saturated rings. The number of allylic oxidation sites excluding steroid dienone is 1. The van der Waals surface area contributed by atoms with E-state index in [1.165, 1.54) is 36.4 Å². The van der Waals surface area contributed by atoms with E-state index in [9.17, 15) is 27.7 Å². The summed E-state index contributed by atoms with van der Waals surface area (Å²) in [6.07, 6.45) is -4.28. The van der Waals surface area contributed by atoms with Gasteiger partial charge in [0.2, 0.25) is 0 Å². The van der Waals surface area contributed by atoms with Crippen LogP contribution in [0.4, 0.5) is 28.9 Å². The molecule has 0 saturated heterocycles. The lowest BCUT2D eigenvalue weighted by atomic mass is 10.1. The Balaban J connectivity index is 2.37. The number of nitro benzene ring substituents is 1. The number of rotatable bonds is 5. The normalized spacial score (nSPS) is 11.9. The van der Waals surface area contributed by atoms with Crippen LogP contribution in [0.1, 0.15) is 5.56 Å². The Morgan fingerprint density at radius 1 is 1.08 bits per heavy atom. The molecule has 2 N–H and O–H groups in total. The molecule has 0 spiro atoms. The fourth-order valence-corrected chi connectivity index (χ4v) is 1.87. The Morgan fingerprint density at radius 2 is 1.64 bits per heavy atom. The van der Waals surface area contributed by atoms with Crippen LogP contribution in [0, 0.1) is 21.3 Å². The van der Waals surface area contributed by atoms with Crippen molar-refractivity contribution < 1.29 is 22.5 Å². The van der Waals surface area contributed by atoms with Crippen LogP contribution in [0.15, 0.2) is 54.6 Å². The molecule has 0 radical (unpaired) electrons. The third kappa shape index (κ3) is 4.87. The summed E-state index contributed by atoms with van der Waals surface area (Å²) in [6.45, 7) is 0. The van der Waals surface area contributed by atoms with Crippen molar-refractivity contribution >= 4 is 22.8 Å². The van der Waals surface area contributed by atoms with Crippen molar-refractivity contribution in [3.8, 4) is 0 Å². The van der Waals surface area contributed by atoms with Crippen LogP contribution < -0.4 is 5.32 Å². The maximum Gasteiger partial charge on any atom is 0.432 e. The number of benzene rings is 2. The maximum absolute atomic E-state index is 13.0. The van der Waals surface area contributed by atoms with Gasteiger partial charge in [-0.2, -0.15) is 13.2 Å². The molecular formula is C16H11F4N3O2. The Morgan fingerprint density at radius 3 is 2.12 bits per heavy atom. The molecule has 0 saturated carbocycles. The highest BCUT2D eigenvalue weighted by molar-refractivity contribution is 6.03. The Bertz CT molecular complexity index is 813. The average molecular weight is 353 g/mol. The van der Waals surface area contributed by atoms with Crippen LogP contribution in [0.5, 0.6) is 0 Å². The summed E-state index contributed by atoms with van der Waals surface area (Å²) in [5, 5.41) is 20.4. The minimum absolute atomic E-state index is 0.101. The van der Waals surface area contributed by atoms with Crippen LogP contribution in [0.3, 0.4) is 0 Å². The topological polar surface area (TPSA) is 79.0 Å². The minimum Gasteiger partial charge on any atom is -0.355 e. The second kappa shape index (κ2) is 7.12. The maximum atomic E-state index is 13.0. The third-order valence-corrected chi connectivity index (χ3v) is 3.11. The van der Waals surface area contributed by atoms with E-state index in [0.717, 1.165) is 12.1 Å². The molecule has 130 valence electrons. The number of halogens is 4.